The molecule has 0 spiro atoms. The van der Waals surface area contributed by atoms with Gasteiger partial charge in [0.2, 0.25) is 6.10 Å². The van der Waals surface area contributed by atoms with Gasteiger partial charge in [0.15, 0.2) is 6.10 Å². The number of carbonyl (C=O) groups excluding carboxylic acids is 1. The van der Waals surface area contributed by atoms with E-state index in [1.54, 1.807) is 60.7 Å². The van der Waals surface area contributed by atoms with Crippen molar-refractivity contribution in [3.05, 3.63) is 71.8 Å². The van der Waals surface area contributed by atoms with Crippen molar-refractivity contribution in [3.8, 4) is 6.07 Å². The van der Waals surface area contributed by atoms with Crippen LogP contribution in [0.4, 0.5) is 0 Å². The second-order valence-corrected chi connectivity index (χ2v) is 4.17. The molecule has 100 valence electrons. The number of ether oxygens (including phenoxy) is 1. The van der Waals surface area contributed by atoms with Gasteiger partial charge in [-0.2, -0.15) is 5.26 Å². The standard InChI is InChI=1S/C16H13NO3/c17-11-14(12-7-3-1-4-8-12)20-16(19)15(18)13-9-5-2-6-10-13/h1-10,14-15,18H. The molecule has 0 saturated heterocycles. The minimum absolute atomic E-state index is 0.433. The van der Waals surface area contributed by atoms with Gasteiger partial charge in [0, 0.05) is 5.56 Å². The Kier molecular flexibility index (Phi) is 4.48. The lowest BCUT2D eigenvalue weighted by atomic mass is 10.1. The molecule has 0 radical (unpaired) electrons. The predicted molar refractivity (Wildman–Crippen MR) is 72.3 cm³/mol. The van der Waals surface area contributed by atoms with E-state index in [2.05, 4.69) is 0 Å². The number of esters is 1. The lowest BCUT2D eigenvalue weighted by molar-refractivity contribution is -0.157. The van der Waals surface area contributed by atoms with E-state index in [-0.39, 0.29) is 0 Å². The van der Waals surface area contributed by atoms with Gasteiger partial charge in [-0.05, 0) is 5.56 Å². The van der Waals surface area contributed by atoms with E-state index in [9.17, 15) is 9.90 Å². The number of nitriles is 1. The molecule has 0 aliphatic carbocycles. The number of rotatable bonds is 4. The molecule has 0 aromatic heterocycles. The smallest absolute Gasteiger partial charge is 0.341 e. The van der Waals surface area contributed by atoms with Crippen molar-refractivity contribution in [1.29, 1.82) is 5.26 Å². The summed E-state index contributed by atoms with van der Waals surface area (Å²) in [6, 6.07) is 19.0. The Morgan fingerprint density at radius 2 is 1.50 bits per heavy atom. The minimum atomic E-state index is -1.39. The summed E-state index contributed by atoms with van der Waals surface area (Å²) in [4.78, 5) is 11.9. The molecule has 20 heavy (non-hydrogen) atoms. The molecule has 2 aromatic rings. The summed E-state index contributed by atoms with van der Waals surface area (Å²) < 4.78 is 5.05. The SMILES string of the molecule is N#CC(OC(=O)C(O)c1ccccc1)c1ccccc1. The fraction of sp³-hybridized carbons (Fsp3) is 0.125. The van der Waals surface area contributed by atoms with Crippen molar-refractivity contribution in [3.63, 3.8) is 0 Å². The van der Waals surface area contributed by atoms with Crippen LogP contribution >= 0.6 is 0 Å². The second kappa shape index (κ2) is 6.50. The summed E-state index contributed by atoms with van der Waals surface area (Å²) in [5.41, 5.74) is 1.01. The molecule has 2 unspecified atom stereocenters. The van der Waals surface area contributed by atoms with E-state index in [1.807, 2.05) is 6.07 Å². The highest BCUT2D eigenvalue weighted by Crippen LogP contribution is 2.21. The lowest BCUT2D eigenvalue weighted by Crippen LogP contribution is -2.18. The highest BCUT2D eigenvalue weighted by Gasteiger charge is 2.23. The number of benzene rings is 2. The molecule has 4 heteroatoms. The van der Waals surface area contributed by atoms with Gasteiger partial charge in [-0.25, -0.2) is 4.79 Å². The quantitative estimate of drug-likeness (QED) is 0.864. The molecule has 4 nitrogen and oxygen atoms in total. The van der Waals surface area contributed by atoms with Crippen molar-refractivity contribution >= 4 is 5.97 Å². The van der Waals surface area contributed by atoms with Gasteiger partial charge in [-0.15, -0.1) is 0 Å². The van der Waals surface area contributed by atoms with Crippen molar-refractivity contribution < 1.29 is 14.6 Å². The highest BCUT2D eigenvalue weighted by atomic mass is 16.6. The molecule has 0 amide bonds. The van der Waals surface area contributed by atoms with Crippen molar-refractivity contribution in [1.82, 2.24) is 0 Å². The van der Waals surface area contributed by atoms with Crippen LogP contribution in [-0.2, 0) is 9.53 Å². The van der Waals surface area contributed by atoms with Crippen LogP contribution in [0.2, 0.25) is 0 Å². The number of nitrogens with zero attached hydrogens (tertiary/aromatic N) is 1. The van der Waals surface area contributed by atoms with E-state index < -0.39 is 18.2 Å². The largest absolute Gasteiger partial charge is 0.440 e. The maximum absolute atomic E-state index is 11.9. The average Bonchev–Trinajstić information content (AvgIpc) is 2.53. The van der Waals surface area contributed by atoms with Crippen LogP contribution in [0.3, 0.4) is 0 Å². The molecule has 0 aliphatic heterocycles. The molecule has 0 heterocycles. The van der Waals surface area contributed by atoms with E-state index in [4.69, 9.17) is 10.00 Å². The third-order valence-electron chi connectivity index (χ3n) is 2.79. The normalized spacial score (nSPS) is 13.0. The van der Waals surface area contributed by atoms with Gasteiger partial charge in [-0.3, -0.25) is 0 Å². The van der Waals surface area contributed by atoms with Crippen molar-refractivity contribution in [2.24, 2.45) is 0 Å². The van der Waals surface area contributed by atoms with Crippen LogP contribution in [0.1, 0.15) is 23.3 Å². The maximum atomic E-state index is 11.9. The molecular formula is C16H13NO3. The Bertz CT molecular complexity index is 605. The summed E-state index contributed by atoms with van der Waals surface area (Å²) in [6.45, 7) is 0. The first kappa shape index (κ1) is 13.8. The maximum Gasteiger partial charge on any atom is 0.341 e. The van der Waals surface area contributed by atoms with Gasteiger partial charge in [0.25, 0.3) is 0 Å². The van der Waals surface area contributed by atoms with Crippen LogP contribution < -0.4 is 0 Å². The number of aliphatic hydroxyl groups is 1. The third kappa shape index (κ3) is 3.22. The first-order chi connectivity index (χ1) is 9.72. The Hall–Kier alpha value is -2.64. The monoisotopic (exact) mass is 267 g/mol. The fourth-order valence-electron chi connectivity index (χ4n) is 1.75. The van der Waals surface area contributed by atoms with Gasteiger partial charge >= 0.3 is 5.97 Å². The fourth-order valence-corrected chi connectivity index (χ4v) is 1.75. The zero-order valence-electron chi connectivity index (χ0n) is 10.6. The number of carbonyl (C=O) groups is 1. The van der Waals surface area contributed by atoms with Crippen LogP contribution in [0.25, 0.3) is 0 Å². The predicted octanol–water partition coefficient (Wildman–Crippen LogP) is 2.53. The van der Waals surface area contributed by atoms with E-state index in [1.165, 1.54) is 0 Å². The van der Waals surface area contributed by atoms with E-state index in [0.717, 1.165) is 0 Å². The van der Waals surface area contributed by atoms with Crippen LogP contribution in [0, 0.1) is 11.3 Å². The topological polar surface area (TPSA) is 70.3 Å². The van der Waals surface area contributed by atoms with Crippen LogP contribution in [-0.4, -0.2) is 11.1 Å². The van der Waals surface area contributed by atoms with Crippen molar-refractivity contribution in [2.45, 2.75) is 12.2 Å². The van der Waals surface area contributed by atoms with Crippen molar-refractivity contribution in [2.75, 3.05) is 0 Å². The Morgan fingerprint density at radius 1 is 1.00 bits per heavy atom. The third-order valence-corrected chi connectivity index (χ3v) is 2.79. The van der Waals surface area contributed by atoms with Crippen LogP contribution in [0.5, 0.6) is 0 Å². The zero-order chi connectivity index (χ0) is 14.4. The minimum Gasteiger partial charge on any atom is -0.440 e. The van der Waals surface area contributed by atoms with E-state index in [0.29, 0.717) is 11.1 Å². The number of aliphatic hydroxyl groups excluding tert-OH is 1. The average molecular weight is 267 g/mol. The molecule has 0 fully saturated rings. The zero-order valence-corrected chi connectivity index (χ0v) is 10.6. The Morgan fingerprint density at radius 3 is 2.00 bits per heavy atom. The summed E-state index contributed by atoms with van der Waals surface area (Å²) in [7, 11) is 0. The first-order valence-electron chi connectivity index (χ1n) is 6.10. The lowest BCUT2D eigenvalue weighted by Gasteiger charge is -2.14. The van der Waals surface area contributed by atoms with Gasteiger partial charge < -0.3 is 9.84 Å². The van der Waals surface area contributed by atoms with Crippen LogP contribution in [0.15, 0.2) is 60.7 Å². The van der Waals surface area contributed by atoms with Gasteiger partial charge in [0.05, 0.1) is 0 Å². The molecule has 2 aromatic carbocycles. The first-order valence-corrected chi connectivity index (χ1v) is 6.10. The summed E-state index contributed by atoms with van der Waals surface area (Å²) >= 11 is 0. The molecular weight excluding hydrogens is 254 g/mol. The van der Waals surface area contributed by atoms with Gasteiger partial charge in [-0.1, -0.05) is 60.7 Å². The molecule has 0 bridgehead atoms. The number of hydrogen-bond donors (Lipinski definition) is 1. The Balaban J connectivity index is 2.09. The number of hydrogen-bond acceptors (Lipinski definition) is 4. The summed E-state index contributed by atoms with van der Waals surface area (Å²) in [5, 5.41) is 19.0. The summed E-state index contributed by atoms with van der Waals surface area (Å²) in [6.07, 6.45) is -2.42. The Labute approximate surface area is 116 Å². The molecule has 2 atom stereocenters. The van der Waals surface area contributed by atoms with E-state index >= 15 is 0 Å². The molecule has 2 rings (SSSR count). The molecule has 0 saturated carbocycles. The highest BCUT2D eigenvalue weighted by molar-refractivity contribution is 5.76. The second-order valence-electron chi connectivity index (χ2n) is 4.17. The summed E-state index contributed by atoms with van der Waals surface area (Å²) in [5.74, 6) is -0.841. The molecule has 1 N–H and O–H groups in total. The molecule has 0 aliphatic rings. The van der Waals surface area contributed by atoms with Gasteiger partial charge in [0.1, 0.15) is 6.07 Å².